The average molecular weight is 293 g/mol. The lowest BCUT2D eigenvalue weighted by Gasteiger charge is -2.16. The molecule has 4 nitrogen and oxygen atoms in total. The summed E-state index contributed by atoms with van der Waals surface area (Å²) in [6.07, 6.45) is 6.79. The first-order valence-electron chi connectivity index (χ1n) is 6.94. The zero-order valence-electron chi connectivity index (χ0n) is 11.3. The van der Waals surface area contributed by atoms with E-state index in [2.05, 4.69) is 9.97 Å². The van der Waals surface area contributed by atoms with Gasteiger partial charge in [0.1, 0.15) is 11.3 Å². The first kappa shape index (κ1) is 13.6. The first-order chi connectivity index (χ1) is 9.72. The Hall–Kier alpha value is -1.39. The highest BCUT2D eigenvalue weighted by Crippen LogP contribution is 2.35. The second-order valence-electron chi connectivity index (χ2n) is 5.18. The van der Waals surface area contributed by atoms with E-state index >= 15 is 0 Å². The number of fused-ring (bicyclic) bond motifs is 1. The van der Waals surface area contributed by atoms with E-state index in [0.717, 1.165) is 35.6 Å². The molecule has 0 unspecified atom stereocenters. The van der Waals surface area contributed by atoms with Crippen molar-refractivity contribution < 1.29 is 9.84 Å². The quantitative estimate of drug-likeness (QED) is 0.859. The molecule has 0 radical (unpaired) electrons. The van der Waals surface area contributed by atoms with Gasteiger partial charge in [0.2, 0.25) is 5.88 Å². The average Bonchev–Trinajstić information content (AvgIpc) is 3.26. The lowest BCUT2D eigenvalue weighted by molar-refractivity contribution is 0.262. The molecular formula is C15H17ClN2O2. The smallest absolute Gasteiger partial charge is 0.223 e. The van der Waals surface area contributed by atoms with Gasteiger partial charge in [-0.2, -0.15) is 0 Å². The van der Waals surface area contributed by atoms with Gasteiger partial charge >= 0.3 is 0 Å². The molecule has 0 aliphatic heterocycles. The van der Waals surface area contributed by atoms with E-state index in [1.165, 1.54) is 0 Å². The monoisotopic (exact) mass is 292 g/mol. The van der Waals surface area contributed by atoms with Crippen molar-refractivity contribution in [3.8, 4) is 5.88 Å². The predicted molar refractivity (Wildman–Crippen MR) is 78.3 cm³/mol. The topological polar surface area (TPSA) is 55.2 Å². The number of pyridine rings is 2. The van der Waals surface area contributed by atoms with E-state index in [-0.39, 0.29) is 18.6 Å². The zero-order chi connectivity index (χ0) is 14.1. The van der Waals surface area contributed by atoms with Crippen LogP contribution >= 0.6 is 11.6 Å². The molecule has 2 aromatic rings. The Bertz CT molecular complexity index is 625. The molecule has 0 aromatic carbocycles. The summed E-state index contributed by atoms with van der Waals surface area (Å²) >= 11 is 6.02. The highest BCUT2D eigenvalue weighted by atomic mass is 35.5. The van der Waals surface area contributed by atoms with Crippen LogP contribution in [0.25, 0.3) is 10.8 Å². The molecule has 1 saturated carbocycles. The lowest BCUT2D eigenvalue weighted by atomic mass is 9.95. The highest BCUT2D eigenvalue weighted by molar-refractivity contribution is 6.30. The van der Waals surface area contributed by atoms with Crippen molar-refractivity contribution >= 4 is 22.4 Å². The summed E-state index contributed by atoms with van der Waals surface area (Å²) in [5.41, 5.74) is 0.998. The molecule has 20 heavy (non-hydrogen) atoms. The summed E-state index contributed by atoms with van der Waals surface area (Å²) < 4.78 is 5.82. The van der Waals surface area contributed by atoms with Crippen LogP contribution in [-0.2, 0) is 0 Å². The third-order valence-corrected chi connectivity index (χ3v) is 3.90. The van der Waals surface area contributed by atoms with E-state index in [4.69, 9.17) is 16.3 Å². The molecule has 2 heterocycles. The zero-order valence-corrected chi connectivity index (χ0v) is 12.1. The Morgan fingerprint density at radius 2 is 2.15 bits per heavy atom. The second-order valence-corrected chi connectivity index (χ2v) is 5.56. The molecule has 1 fully saturated rings. The van der Waals surface area contributed by atoms with Gasteiger partial charge in [0.05, 0.1) is 5.39 Å². The fourth-order valence-corrected chi connectivity index (χ4v) is 2.47. The van der Waals surface area contributed by atoms with Gasteiger partial charge in [0.15, 0.2) is 0 Å². The van der Waals surface area contributed by atoms with E-state index < -0.39 is 0 Å². The van der Waals surface area contributed by atoms with Crippen LogP contribution in [-0.4, -0.2) is 27.8 Å². The predicted octanol–water partition coefficient (Wildman–Crippen LogP) is 3.31. The van der Waals surface area contributed by atoms with Crippen LogP contribution in [0.1, 0.15) is 37.7 Å². The minimum atomic E-state index is 0.0541. The van der Waals surface area contributed by atoms with Crippen molar-refractivity contribution in [2.75, 3.05) is 6.61 Å². The third kappa shape index (κ3) is 2.58. The number of halogens is 1. The van der Waals surface area contributed by atoms with E-state index in [1.807, 2.05) is 13.0 Å². The van der Waals surface area contributed by atoms with Gasteiger partial charge in [-0.25, -0.2) is 9.97 Å². The second kappa shape index (κ2) is 5.54. The number of aliphatic hydroxyl groups is 1. The van der Waals surface area contributed by atoms with Crippen LogP contribution in [0.4, 0.5) is 0 Å². The van der Waals surface area contributed by atoms with E-state index in [0.29, 0.717) is 11.0 Å². The van der Waals surface area contributed by atoms with Crippen LogP contribution < -0.4 is 4.74 Å². The van der Waals surface area contributed by atoms with Crippen molar-refractivity contribution in [1.82, 2.24) is 9.97 Å². The Balaban J connectivity index is 2.13. The van der Waals surface area contributed by atoms with Gasteiger partial charge in [-0.1, -0.05) is 18.5 Å². The Morgan fingerprint density at radius 1 is 1.35 bits per heavy atom. The van der Waals surface area contributed by atoms with Crippen molar-refractivity contribution in [3.05, 3.63) is 29.2 Å². The summed E-state index contributed by atoms with van der Waals surface area (Å²) in [5, 5.41) is 11.8. The fourth-order valence-electron chi connectivity index (χ4n) is 2.32. The number of ether oxygens (including phenoxy) is 1. The van der Waals surface area contributed by atoms with Crippen molar-refractivity contribution in [2.24, 2.45) is 0 Å². The molecule has 0 amide bonds. The maximum absolute atomic E-state index is 9.53. The maximum atomic E-state index is 9.53. The van der Waals surface area contributed by atoms with Crippen molar-refractivity contribution in [3.63, 3.8) is 0 Å². The molecule has 5 heteroatoms. The third-order valence-electron chi connectivity index (χ3n) is 3.69. The fraction of sp³-hybridized carbons (Fsp3) is 0.467. The van der Waals surface area contributed by atoms with Crippen LogP contribution in [0.3, 0.4) is 0 Å². The van der Waals surface area contributed by atoms with Gasteiger partial charge in [0.25, 0.3) is 0 Å². The van der Waals surface area contributed by atoms with Gasteiger partial charge in [0, 0.05) is 24.9 Å². The molecule has 2 aromatic heterocycles. The summed E-state index contributed by atoms with van der Waals surface area (Å²) in [6.45, 7) is 2.14. The number of aromatic nitrogens is 2. The summed E-state index contributed by atoms with van der Waals surface area (Å²) in [4.78, 5) is 8.55. The Kier molecular flexibility index (Phi) is 3.76. The van der Waals surface area contributed by atoms with E-state index in [1.54, 1.807) is 12.4 Å². The number of aliphatic hydroxyl groups excluding tert-OH is 1. The summed E-state index contributed by atoms with van der Waals surface area (Å²) in [6, 6.07) is 1.83. The van der Waals surface area contributed by atoms with Gasteiger partial charge in [-0.15, -0.1) is 0 Å². The minimum absolute atomic E-state index is 0.0541. The lowest BCUT2D eigenvalue weighted by Crippen LogP contribution is -2.06. The van der Waals surface area contributed by atoms with E-state index in [9.17, 15) is 5.11 Å². The number of rotatable bonds is 5. The summed E-state index contributed by atoms with van der Waals surface area (Å²) in [7, 11) is 0. The molecule has 1 aliphatic rings. The molecule has 3 rings (SSSR count). The van der Waals surface area contributed by atoms with Crippen LogP contribution in [0, 0.1) is 0 Å². The standard InChI is InChI=1S/C15H17ClN2O2/c1-2-9(8-19)12-6-18-15(20-10-3-4-10)13-7-17-14(16)5-11(12)13/h5-7,9-10,19H,2-4,8H2,1H3/t9-/m1/s1. The minimum Gasteiger partial charge on any atom is -0.474 e. The molecule has 0 spiro atoms. The molecule has 0 saturated heterocycles. The SMILES string of the molecule is CC[C@H](CO)c1cnc(OC2CC2)c2cnc(Cl)cc12. The van der Waals surface area contributed by atoms with Crippen LogP contribution in [0.2, 0.25) is 5.15 Å². The molecule has 1 N–H and O–H groups in total. The van der Waals surface area contributed by atoms with Crippen LogP contribution in [0.5, 0.6) is 5.88 Å². The van der Waals surface area contributed by atoms with Gasteiger partial charge in [-0.3, -0.25) is 0 Å². The number of nitrogens with zero attached hydrogens (tertiary/aromatic N) is 2. The van der Waals surface area contributed by atoms with Gasteiger partial charge in [-0.05, 0) is 36.3 Å². The highest BCUT2D eigenvalue weighted by Gasteiger charge is 2.25. The van der Waals surface area contributed by atoms with Gasteiger partial charge < -0.3 is 9.84 Å². The normalized spacial score (nSPS) is 16.4. The molecule has 1 aliphatic carbocycles. The number of hydrogen-bond donors (Lipinski definition) is 1. The number of hydrogen-bond acceptors (Lipinski definition) is 4. The first-order valence-corrected chi connectivity index (χ1v) is 7.32. The van der Waals surface area contributed by atoms with Crippen molar-refractivity contribution in [1.29, 1.82) is 0 Å². The molecule has 0 bridgehead atoms. The molecular weight excluding hydrogens is 276 g/mol. The summed E-state index contributed by atoms with van der Waals surface area (Å²) in [5.74, 6) is 0.668. The maximum Gasteiger partial charge on any atom is 0.223 e. The Labute approximate surface area is 122 Å². The molecule has 1 atom stereocenters. The molecule has 106 valence electrons. The van der Waals surface area contributed by atoms with Crippen molar-refractivity contribution in [2.45, 2.75) is 38.2 Å². The largest absolute Gasteiger partial charge is 0.474 e. The van der Waals surface area contributed by atoms with Crippen LogP contribution in [0.15, 0.2) is 18.5 Å². The Morgan fingerprint density at radius 3 is 2.80 bits per heavy atom.